The molecule has 0 aliphatic rings. The van der Waals surface area contributed by atoms with E-state index < -0.39 is 16.1 Å². The molecule has 0 saturated heterocycles. The largest absolute Gasteiger partial charge is 0.350 e. The Morgan fingerprint density at radius 1 is 1.16 bits per heavy atom. The lowest BCUT2D eigenvalue weighted by Crippen LogP contribution is -2.49. The number of carbonyl (C=O) groups excluding carboxylic acids is 1. The first-order chi connectivity index (χ1) is 11.8. The molecule has 7 heteroatoms. The van der Waals surface area contributed by atoms with Gasteiger partial charge in [-0.15, -0.1) is 0 Å². The molecule has 0 fully saturated rings. The Hall–Kier alpha value is -2.41. The maximum atomic E-state index is 12.6. The van der Waals surface area contributed by atoms with Crippen LogP contribution in [0, 0.1) is 6.92 Å². The number of rotatable bonds is 7. The summed E-state index contributed by atoms with van der Waals surface area (Å²) in [7, 11) is -3.61. The van der Waals surface area contributed by atoms with Crippen molar-refractivity contribution in [2.75, 3.05) is 10.6 Å². The van der Waals surface area contributed by atoms with E-state index in [1.807, 2.05) is 19.1 Å². The SMILES string of the molecule is CC[C@H](C(=O)NCc1ccncc1)N(c1ccc(C)cc1)S(C)(=O)=O. The number of benzene rings is 1. The topological polar surface area (TPSA) is 79.4 Å². The Kier molecular flexibility index (Phi) is 6.14. The van der Waals surface area contributed by atoms with Gasteiger partial charge in [-0.05, 0) is 43.2 Å². The number of nitrogens with one attached hydrogen (secondary N) is 1. The van der Waals surface area contributed by atoms with Crippen molar-refractivity contribution in [1.82, 2.24) is 10.3 Å². The number of aromatic nitrogens is 1. The second-order valence-electron chi connectivity index (χ2n) is 5.89. The van der Waals surface area contributed by atoms with Crippen LogP contribution in [0.1, 0.15) is 24.5 Å². The van der Waals surface area contributed by atoms with Crippen molar-refractivity contribution in [3.8, 4) is 0 Å². The van der Waals surface area contributed by atoms with Gasteiger partial charge < -0.3 is 5.32 Å². The quantitative estimate of drug-likeness (QED) is 0.820. The highest BCUT2D eigenvalue weighted by Crippen LogP contribution is 2.23. The number of carbonyl (C=O) groups is 1. The van der Waals surface area contributed by atoms with Gasteiger partial charge in [0.05, 0.1) is 11.9 Å². The number of pyridine rings is 1. The molecule has 0 spiro atoms. The first kappa shape index (κ1) is 18.9. The summed E-state index contributed by atoms with van der Waals surface area (Å²) >= 11 is 0. The number of sulfonamides is 1. The third-order valence-corrected chi connectivity index (χ3v) is 5.01. The fourth-order valence-corrected chi connectivity index (χ4v) is 3.77. The average Bonchev–Trinajstić information content (AvgIpc) is 2.58. The first-order valence-electron chi connectivity index (χ1n) is 8.05. The molecular formula is C18H23N3O3S. The van der Waals surface area contributed by atoms with Crippen LogP contribution in [0.5, 0.6) is 0 Å². The van der Waals surface area contributed by atoms with Gasteiger partial charge in [-0.2, -0.15) is 0 Å². The third-order valence-electron chi connectivity index (χ3n) is 3.83. The average molecular weight is 361 g/mol. The van der Waals surface area contributed by atoms with E-state index in [9.17, 15) is 13.2 Å². The van der Waals surface area contributed by atoms with Crippen LogP contribution in [0.15, 0.2) is 48.8 Å². The second-order valence-corrected chi connectivity index (χ2v) is 7.75. The molecule has 0 saturated carbocycles. The van der Waals surface area contributed by atoms with Gasteiger partial charge in [0.1, 0.15) is 6.04 Å². The summed E-state index contributed by atoms with van der Waals surface area (Å²) in [5, 5.41) is 2.81. The Morgan fingerprint density at radius 3 is 2.28 bits per heavy atom. The number of hydrogen-bond donors (Lipinski definition) is 1. The molecule has 0 bridgehead atoms. The predicted molar refractivity (Wildman–Crippen MR) is 98.7 cm³/mol. The zero-order valence-corrected chi connectivity index (χ0v) is 15.5. The van der Waals surface area contributed by atoms with E-state index in [0.717, 1.165) is 17.4 Å². The number of nitrogens with zero attached hydrogens (tertiary/aromatic N) is 2. The highest BCUT2D eigenvalue weighted by Gasteiger charge is 2.31. The van der Waals surface area contributed by atoms with Gasteiger partial charge in [-0.1, -0.05) is 24.6 Å². The number of hydrogen-bond acceptors (Lipinski definition) is 4. The molecular weight excluding hydrogens is 338 g/mol. The molecule has 0 aliphatic carbocycles. The summed E-state index contributed by atoms with van der Waals surface area (Å²) in [4.78, 5) is 16.6. The molecule has 2 aromatic rings. The summed E-state index contributed by atoms with van der Waals surface area (Å²) < 4.78 is 25.9. The second kappa shape index (κ2) is 8.11. The van der Waals surface area contributed by atoms with E-state index in [1.165, 1.54) is 4.31 Å². The van der Waals surface area contributed by atoms with Gasteiger partial charge in [0.15, 0.2) is 0 Å². The molecule has 2 rings (SSSR count). The van der Waals surface area contributed by atoms with Gasteiger partial charge >= 0.3 is 0 Å². The molecule has 25 heavy (non-hydrogen) atoms. The van der Waals surface area contributed by atoms with Crippen LogP contribution in [-0.2, 0) is 21.4 Å². The minimum Gasteiger partial charge on any atom is -0.350 e. The van der Waals surface area contributed by atoms with Crippen LogP contribution in [0.25, 0.3) is 0 Å². The van der Waals surface area contributed by atoms with Crippen molar-refractivity contribution in [2.24, 2.45) is 0 Å². The highest BCUT2D eigenvalue weighted by molar-refractivity contribution is 7.92. The van der Waals surface area contributed by atoms with Gasteiger partial charge in [0.25, 0.3) is 0 Å². The minimum absolute atomic E-state index is 0.323. The van der Waals surface area contributed by atoms with Crippen LogP contribution in [0.2, 0.25) is 0 Å². The van der Waals surface area contributed by atoms with Crippen LogP contribution in [0.4, 0.5) is 5.69 Å². The molecule has 0 aliphatic heterocycles. The van der Waals surface area contributed by atoms with E-state index in [0.29, 0.717) is 18.7 Å². The predicted octanol–water partition coefficient (Wildman–Crippen LogP) is 2.25. The lowest BCUT2D eigenvalue weighted by molar-refractivity contribution is -0.122. The highest BCUT2D eigenvalue weighted by atomic mass is 32.2. The standard InChI is InChI=1S/C18H23N3O3S/c1-4-17(18(22)20-13-15-9-11-19-12-10-15)21(25(3,23)24)16-7-5-14(2)6-8-16/h5-12,17H,4,13H2,1-3H3,(H,20,22)/t17-/m1/s1. The Labute approximate surface area is 148 Å². The maximum Gasteiger partial charge on any atom is 0.244 e. The summed E-state index contributed by atoms with van der Waals surface area (Å²) in [5.74, 6) is -0.328. The fourth-order valence-electron chi connectivity index (χ4n) is 2.56. The zero-order chi connectivity index (χ0) is 18.4. The van der Waals surface area contributed by atoms with Crippen molar-refractivity contribution in [1.29, 1.82) is 0 Å². The molecule has 1 heterocycles. The third kappa shape index (κ3) is 5.03. The molecule has 1 aromatic carbocycles. The van der Waals surface area contributed by atoms with Gasteiger partial charge in [-0.3, -0.25) is 14.1 Å². The zero-order valence-electron chi connectivity index (χ0n) is 14.6. The molecule has 0 unspecified atom stereocenters. The maximum absolute atomic E-state index is 12.6. The molecule has 134 valence electrons. The normalized spacial score (nSPS) is 12.4. The molecule has 1 amide bonds. The number of anilines is 1. The summed E-state index contributed by atoms with van der Waals surface area (Å²) in [6.45, 7) is 4.04. The molecule has 0 radical (unpaired) electrons. The van der Waals surface area contributed by atoms with Gasteiger partial charge in [0.2, 0.25) is 15.9 Å². The van der Waals surface area contributed by atoms with Crippen LogP contribution in [0.3, 0.4) is 0 Å². The van der Waals surface area contributed by atoms with Crippen LogP contribution in [-0.4, -0.2) is 31.6 Å². The van der Waals surface area contributed by atoms with Crippen molar-refractivity contribution >= 4 is 21.6 Å². The fraction of sp³-hybridized carbons (Fsp3) is 0.333. The molecule has 1 atom stereocenters. The Morgan fingerprint density at radius 2 is 1.76 bits per heavy atom. The van der Waals surface area contributed by atoms with Crippen LogP contribution >= 0.6 is 0 Å². The van der Waals surface area contributed by atoms with E-state index in [1.54, 1.807) is 43.6 Å². The van der Waals surface area contributed by atoms with Crippen LogP contribution < -0.4 is 9.62 Å². The lowest BCUT2D eigenvalue weighted by Gasteiger charge is -2.30. The summed E-state index contributed by atoms with van der Waals surface area (Å²) in [6, 6.07) is 9.89. The van der Waals surface area contributed by atoms with Crippen molar-refractivity contribution in [3.05, 3.63) is 59.9 Å². The molecule has 6 nitrogen and oxygen atoms in total. The minimum atomic E-state index is -3.61. The van der Waals surface area contributed by atoms with E-state index in [-0.39, 0.29) is 5.91 Å². The van der Waals surface area contributed by atoms with E-state index in [2.05, 4.69) is 10.3 Å². The number of amides is 1. The molecule has 1 aromatic heterocycles. The van der Waals surface area contributed by atoms with Crippen molar-refractivity contribution in [2.45, 2.75) is 32.9 Å². The van der Waals surface area contributed by atoms with E-state index >= 15 is 0 Å². The smallest absolute Gasteiger partial charge is 0.244 e. The number of aryl methyl sites for hydroxylation is 1. The monoisotopic (exact) mass is 361 g/mol. The first-order valence-corrected chi connectivity index (χ1v) is 9.90. The van der Waals surface area contributed by atoms with Crippen molar-refractivity contribution < 1.29 is 13.2 Å². The lowest BCUT2D eigenvalue weighted by atomic mass is 10.1. The Balaban J connectivity index is 2.23. The summed E-state index contributed by atoms with van der Waals surface area (Å²) in [5.41, 5.74) is 2.41. The Bertz CT molecular complexity index is 805. The summed E-state index contributed by atoms with van der Waals surface area (Å²) in [6.07, 6.45) is 4.77. The van der Waals surface area contributed by atoms with Gasteiger partial charge in [-0.25, -0.2) is 8.42 Å². The molecule has 1 N–H and O–H groups in total. The van der Waals surface area contributed by atoms with Gasteiger partial charge in [0, 0.05) is 18.9 Å². The van der Waals surface area contributed by atoms with Crippen molar-refractivity contribution in [3.63, 3.8) is 0 Å². The van der Waals surface area contributed by atoms with E-state index in [4.69, 9.17) is 0 Å².